The summed E-state index contributed by atoms with van der Waals surface area (Å²) in [6.07, 6.45) is 2.85. The molecule has 1 heterocycles. The van der Waals surface area contributed by atoms with Crippen molar-refractivity contribution >= 4 is 22.0 Å². The molecule has 122 valence electrons. The van der Waals surface area contributed by atoms with E-state index >= 15 is 0 Å². The summed E-state index contributed by atoms with van der Waals surface area (Å²) in [6.45, 7) is 0.339. The molecule has 0 spiro atoms. The van der Waals surface area contributed by atoms with Crippen LogP contribution in [-0.4, -0.2) is 73.7 Å². The zero-order valence-corrected chi connectivity index (χ0v) is 13.2. The highest BCUT2D eigenvalue weighted by Gasteiger charge is 2.30. The molecule has 21 heavy (non-hydrogen) atoms. The van der Waals surface area contributed by atoms with Crippen LogP contribution in [0.3, 0.4) is 0 Å². The number of carbonyl (C=O) groups is 2. The Morgan fingerprint density at radius 3 is 2.52 bits per heavy atom. The fraction of sp³-hybridized carbons (Fsp3) is 0.833. The molecule has 8 nitrogen and oxygen atoms in total. The lowest BCUT2D eigenvalue weighted by atomic mass is 10.1. The molecule has 1 aliphatic heterocycles. The van der Waals surface area contributed by atoms with Gasteiger partial charge in [0.2, 0.25) is 10.0 Å². The lowest BCUT2D eigenvalue weighted by Crippen LogP contribution is -2.50. The average molecular weight is 321 g/mol. The Morgan fingerprint density at radius 2 is 1.95 bits per heavy atom. The molecule has 1 atom stereocenters. The fourth-order valence-corrected chi connectivity index (χ4v) is 2.90. The maximum Gasteiger partial charge on any atom is 0.326 e. The van der Waals surface area contributed by atoms with Crippen LogP contribution in [0.25, 0.3) is 0 Å². The van der Waals surface area contributed by atoms with E-state index in [4.69, 9.17) is 0 Å². The predicted molar refractivity (Wildman–Crippen MR) is 77.5 cm³/mol. The van der Waals surface area contributed by atoms with Crippen molar-refractivity contribution in [2.24, 2.45) is 0 Å². The van der Waals surface area contributed by atoms with Gasteiger partial charge in [0.1, 0.15) is 6.04 Å². The minimum Gasteiger partial charge on any atom is -0.480 e. The van der Waals surface area contributed by atoms with Crippen LogP contribution in [-0.2, 0) is 14.8 Å². The van der Waals surface area contributed by atoms with E-state index in [1.807, 2.05) is 0 Å². The zero-order valence-electron chi connectivity index (χ0n) is 12.4. The van der Waals surface area contributed by atoms with Gasteiger partial charge >= 0.3 is 12.0 Å². The normalized spacial score (nSPS) is 20.1. The predicted octanol–water partition coefficient (Wildman–Crippen LogP) is -0.0834. The number of sulfonamides is 1. The van der Waals surface area contributed by atoms with Crippen molar-refractivity contribution in [1.29, 1.82) is 0 Å². The van der Waals surface area contributed by atoms with Crippen LogP contribution in [0.2, 0.25) is 0 Å². The molecule has 1 saturated heterocycles. The third-order valence-electron chi connectivity index (χ3n) is 3.49. The van der Waals surface area contributed by atoms with Crippen LogP contribution in [0.1, 0.15) is 25.7 Å². The van der Waals surface area contributed by atoms with Crippen LogP contribution >= 0.6 is 0 Å². The Hall–Kier alpha value is -1.35. The van der Waals surface area contributed by atoms with E-state index in [-0.39, 0.29) is 12.3 Å². The van der Waals surface area contributed by atoms with E-state index < -0.39 is 28.1 Å². The van der Waals surface area contributed by atoms with Gasteiger partial charge in [0.25, 0.3) is 0 Å². The van der Waals surface area contributed by atoms with Gasteiger partial charge in [0, 0.05) is 27.2 Å². The number of aliphatic carboxylic acids is 1. The van der Waals surface area contributed by atoms with Gasteiger partial charge in [0.05, 0.1) is 5.75 Å². The maximum absolute atomic E-state index is 12.1. The average Bonchev–Trinajstić information content (AvgIpc) is 2.63. The van der Waals surface area contributed by atoms with Crippen molar-refractivity contribution in [3.8, 4) is 0 Å². The lowest BCUT2D eigenvalue weighted by molar-refractivity contribution is -0.142. The van der Waals surface area contributed by atoms with Gasteiger partial charge < -0.3 is 15.3 Å². The van der Waals surface area contributed by atoms with E-state index in [0.717, 1.165) is 23.6 Å². The monoisotopic (exact) mass is 321 g/mol. The molecule has 1 aliphatic rings. The number of nitrogens with zero attached hydrogens (tertiary/aromatic N) is 2. The summed E-state index contributed by atoms with van der Waals surface area (Å²) in [6, 6.07) is -1.35. The summed E-state index contributed by atoms with van der Waals surface area (Å²) < 4.78 is 24.3. The SMILES string of the molecule is CN(C)S(=O)(=O)CCNC(=O)N1CCCCCC1C(=O)O. The Balaban J connectivity index is 2.58. The van der Waals surface area contributed by atoms with Crippen LogP contribution < -0.4 is 5.32 Å². The van der Waals surface area contributed by atoms with Crippen molar-refractivity contribution in [3.05, 3.63) is 0 Å². The molecule has 0 aliphatic carbocycles. The zero-order chi connectivity index (χ0) is 16.0. The second-order valence-electron chi connectivity index (χ2n) is 5.23. The first-order valence-electron chi connectivity index (χ1n) is 6.93. The number of urea groups is 1. The topological polar surface area (TPSA) is 107 Å². The summed E-state index contributed by atoms with van der Waals surface area (Å²) in [7, 11) is -0.532. The van der Waals surface area contributed by atoms with Gasteiger partial charge in [-0.3, -0.25) is 0 Å². The van der Waals surface area contributed by atoms with E-state index in [1.165, 1.54) is 19.0 Å². The number of hydrogen-bond acceptors (Lipinski definition) is 4. The molecule has 0 saturated carbocycles. The standard InChI is InChI=1S/C12H23N3O5S/c1-14(2)21(19,20)9-7-13-12(18)15-8-5-3-4-6-10(15)11(16)17/h10H,3-9H2,1-2H3,(H,13,18)(H,16,17). The summed E-state index contributed by atoms with van der Waals surface area (Å²) in [5.74, 6) is -1.23. The summed E-state index contributed by atoms with van der Waals surface area (Å²) in [4.78, 5) is 24.6. The highest BCUT2D eigenvalue weighted by atomic mass is 32.2. The van der Waals surface area contributed by atoms with Gasteiger partial charge in [-0.05, 0) is 12.8 Å². The van der Waals surface area contributed by atoms with E-state index in [2.05, 4.69) is 5.32 Å². The minimum atomic E-state index is -3.38. The molecule has 1 fully saturated rings. The first kappa shape index (κ1) is 17.7. The first-order chi connectivity index (χ1) is 9.75. The molecular weight excluding hydrogens is 298 g/mol. The number of hydrogen-bond donors (Lipinski definition) is 2. The third kappa shape index (κ3) is 5.16. The molecule has 0 bridgehead atoms. The summed E-state index contributed by atoms with van der Waals surface area (Å²) in [5, 5.41) is 11.7. The number of nitrogens with one attached hydrogen (secondary N) is 1. The summed E-state index contributed by atoms with van der Waals surface area (Å²) >= 11 is 0. The molecule has 2 amide bonds. The number of carbonyl (C=O) groups excluding carboxylic acids is 1. The van der Waals surface area contributed by atoms with Crippen molar-refractivity contribution < 1.29 is 23.1 Å². The Kier molecular flexibility index (Phi) is 6.41. The van der Waals surface area contributed by atoms with Gasteiger partial charge in [-0.1, -0.05) is 12.8 Å². The summed E-state index contributed by atoms with van der Waals surface area (Å²) in [5.41, 5.74) is 0. The van der Waals surface area contributed by atoms with Crippen molar-refractivity contribution in [1.82, 2.24) is 14.5 Å². The largest absolute Gasteiger partial charge is 0.480 e. The Morgan fingerprint density at radius 1 is 1.29 bits per heavy atom. The molecule has 0 radical (unpaired) electrons. The lowest BCUT2D eigenvalue weighted by Gasteiger charge is -2.27. The molecule has 1 rings (SSSR count). The van der Waals surface area contributed by atoms with E-state index in [0.29, 0.717) is 13.0 Å². The highest BCUT2D eigenvalue weighted by molar-refractivity contribution is 7.89. The van der Waals surface area contributed by atoms with Crippen molar-refractivity contribution in [2.45, 2.75) is 31.7 Å². The second-order valence-corrected chi connectivity index (χ2v) is 7.53. The minimum absolute atomic E-state index is 0.0395. The maximum atomic E-state index is 12.1. The van der Waals surface area contributed by atoms with Crippen LogP contribution in [0, 0.1) is 0 Å². The van der Waals surface area contributed by atoms with Gasteiger partial charge in [-0.2, -0.15) is 0 Å². The molecule has 0 aromatic carbocycles. The van der Waals surface area contributed by atoms with E-state index in [9.17, 15) is 23.1 Å². The van der Waals surface area contributed by atoms with Gasteiger partial charge in [-0.25, -0.2) is 22.3 Å². The van der Waals surface area contributed by atoms with Gasteiger partial charge in [0.15, 0.2) is 0 Å². The molecular formula is C12H23N3O5S. The molecule has 9 heteroatoms. The Bertz CT molecular complexity index is 477. The first-order valence-corrected chi connectivity index (χ1v) is 8.54. The van der Waals surface area contributed by atoms with Crippen LogP contribution in [0.4, 0.5) is 4.79 Å². The fourth-order valence-electron chi connectivity index (χ4n) is 2.18. The quantitative estimate of drug-likeness (QED) is 0.736. The highest BCUT2D eigenvalue weighted by Crippen LogP contribution is 2.17. The van der Waals surface area contributed by atoms with Crippen molar-refractivity contribution in [3.63, 3.8) is 0 Å². The Labute approximate surface area is 125 Å². The van der Waals surface area contributed by atoms with Crippen LogP contribution in [0.5, 0.6) is 0 Å². The number of carboxylic acids is 1. The molecule has 0 aromatic heterocycles. The number of rotatable bonds is 5. The smallest absolute Gasteiger partial charge is 0.326 e. The van der Waals surface area contributed by atoms with Crippen molar-refractivity contribution in [2.75, 3.05) is 32.9 Å². The number of carboxylic acid groups (broad SMARTS) is 1. The third-order valence-corrected chi connectivity index (χ3v) is 5.32. The second kappa shape index (κ2) is 7.60. The molecule has 1 unspecified atom stereocenters. The molecule has 0 aromatic rings. The van der Waals surface area contributed by atoms with Crippen LogP contribution in [0.15, 0.2) is 0 Å². The van der Waals surface area contributed by atoms with E-state index in [1.54, 1.807) is 0 Å². The molecule has 2 N–H and O–H groups in total. The number of amides is 2. The number of likely N-dealkylation sites (tertiary alicyclic amines) is 1. The van der Waals surface area contributed by atoms with Gasteiger partial charge in [-0.15, -0.1) is 0 Å².